The van der Waals surface area contributed by atoms with Crippen LogP contribution in [-0.4, -0.2) is 28.9 Å². The van der Waals surface area contributed by atoms with Crippen molar-refractivity contribution < 1.29 is 19.7 Å². The topological polar surface area (TPSA) is 91.2 Å². The quantitative estimate of drug-likeness (QED) is 0.361. The predicted molar refractivity (Wildman–Crippen MR) is 119 cm³/mol. The van der Waals surface area contributed by atoms with Gasteiger partial charge in [-0.25, -0.2) is 5.43 Å². The van der Waals surface area contributed by atoms with Crippen LogP contribution in [0.15, 0.2) is 82.4 Å². The molecule has 0 aliphatic carbocycles. The van der Waals surface area contributed by atoms with Gasteiger partial charge in [0.15, 0.2) is 17.1 Å². The number of hydrogen-bond acceptors (Lipinski definition) is 5. The number of benzene rings is 3. The lowest BCUT2D eigenvalue weighted by Crippen LogP contribution is -2.43. The van der Waals surface area contributed by atoms with Crippen molar-refractivity contribution in [2.24, 2.45) is 5.10 Å². The molecule has 30 heavy (non-hydrogen) atoms. The van der Waals surface area contributed by atoms with Crippen molar-refractivity contribution >= 4 is 28.1 Å². The Morgan fingerprint density at radius 3 is 2.20 bits per heavy atom. The molecule has 0 saturated carbocycles. The van der Waals surface area contributed by atoms with Gasteiger partial charge in [-0.05, 0) is 51.7 Å². The number of nitrogens with one attached hydrogen (secondary N) is 1. The van der Waals surface area contributed by atoms with E-state index in [0.29, 0.717) is 33.5 Å². The summed E-state index contributed by atoms with van der Waals surface area (Å²) < 4.78 is 5.82. The van der Waals surface area contributed by atoms with Gasteiger partial charge in [0.2, 0.25) is 0 Å². The van der Waals surface area contributed by atoms with Crippen LogP contribution in [0.2, 0.25) is 0 Å². The first kappa shape index (κ1) is 21.5. The second-order valence-corrected chi connectivity index (χ2v) is 7.28. The van der Waals surface area contributed by atoms with E-state index in [0.717, 1.165) is 0 Å². The fraction of sp³-hybridized carbons (Fsp3) is 0.130. The first-order valence-electron chi connectivity index (χ1n) is 9.29. The zero-order valence-electron chi connectivity index (χ0n) is 16.2. The molecular formula is C23H21BrN2O4. The molecule has 3 N–H and O–H groups in total. The van der Waals surface area contributed by atoms with E-state index in [1.165, 1.54) is 6.21 Å². The molecule has 0 radical (unpaired) electrons. The first-order chi connectivity index (χ1) is 14.5. The summed E-state index contributed by atoms with van der Waals surface area (Å²) in [5, 5.41) is 25.4. The predicted octanol–water partition coefficient (Wildman–Crippen LogP) is 3.94. The van der Waals surface area contributed by atoms with Gasteiger partial charge in [0.05, 0.1) is 17.3 Å². The van der Waals surface area contributed by atoms with E-state index in [9.17, 15) is 15.0 Å². The Morgan fingerprint density at radius 2 is 1.67 bits per heavy atom. The highest BCUT2D eigenvalue weighted by Crippen LogP contribution is 2.35. The Morgan fingerprint density at radius 1 is 1.10 bits per heavy atom. The molecule has 0 saturated heterocycles. The number of aromatic hydroxyl groups is 1. The second-order valence-electron chi connectivity index (χ2n) is 6.42. The Balaban J connectivity index is 1.87. The maximum atomic E-state index is 13.0. The minimum absolute atomic E-state index is 0.0134. The summed E-state index contributed by atoms with van der Waals surface area (Å²) in [5.74, 6) is -0.413. The van der Waals surface area contributed by atoms with Gasteiger partial charge in [-0.2, -0.15) is 5.10 Å². The van der Waals surface area contributed by atoms with Crippen LogP contribution in [0, 0.1) is 0 Å². The van der Waals surface area contributed by atoms with Crippen molar-refractivity contribution in [3.8, 4) is 11.5 Å². The number of hydrazone groups is 1. The monoisotopic (exact) mass is 468 g/mol. The number of rotatable bonds is 7. The van der Waals surface area contributed by atoms with Crippen molar-refractivity contribution in [3.63, 3.8) is 0 Å². The molecule has 0 spiro atoms. The lowest BCUT2D eigenvalue weighted by atomic mass is 9.85. The van der Waals surface area contributed by atoms with Gasteiger partial charge in [0.1, 0.15) is 0 Å². The normalized spacial score (nSPS) is 11.4. The zero-order valence-corrected chi connectivity index (χ0v) is 17.8. The Labute approximate surface area is 183 Å². The van der Waals surface area contributed by atoms with Gasteiger partial charge >= 0.3 is 0 Å². The van der Waals surface area contributed by atoms with E-state index < -0.39 is 11.5 Å². The van der Waals surface area contributed by atoms with Crippen LogP contribution < -0.4 is 10.2 Å². The van der Waals surface area contributed by atoms with Crippen LogP contribution in [-0.2, 0) is 10.4 Å². The number of phenols is 1. The van der Waals surface area contributed by atoms with Gasteiger partial charge in [0.25, 0.3) is 5.91 Å². The molecule has 1 amide bonds. The minimum atomic E-state index is -1.91. The minimum Gasteiger partial charge on any atom is -0.503 e. The average Bonchev–Trinajstić information content (AvgIpc) is 2.77. The molecule has 0 fully saturated rings. The molecule has 0 aliphatic heterocycles. The number of ether oxygens (including phenoxy) is 1. The fourth-order valence-electron chi connectivity index (χ4n) is 2.97. The summed E-state index contributed by atoms with van der Waals surface area (Å²) in [6, 6.07) is 20.6. The van der Waals surface area contributed by atoms with Crippen molar-refractivity contribution in [2.75, 3.05) is 6.61 Å². The summed E-state index contributed by atoms with van der Waals surface area (Å²) in [5.41, 5.74) is 1.95. The Kier molecular flexibility index (Phi) is 6.87. The third-order valence-corrected chi connectivity index (χ3v) is 5.05. The Hall–Kier alpha value is -3.16. The molecule has 154 valence electrons. The number of halogens is 1. The number of phenolic OH excluding ortho intramolecular Hbond substituents is 1. The van der Waals surface area contributed by atoms with Crippen LogP contribution in [0.3, 0.4) is 0 Å². The van der Waals surface area contributed by atoms with E-state index in [1.807, 2.05) is 19.1 Å². The summed E-state index contributed by atoms with van der Waals surface area (Å²) in [4.78, 5) is 13.0. The average molecular weight is 469 g/mol. The van der Waals surface area contributed by atoms with Crippen LogP contribution in [0.25, 0.3) is 0 Å². The third kappa shape index (κ3) is 4.53. The zero-order chi connectivity index (χ0) is 21.6. The first-order valence-corrected chi connectivity index (χ1v) is 10.1. The number of aliphatic hydroxyl groups is 1. The molecule has 7 heteroatoms. The Bertz CT molecular complexity index is 1000. The van der Waals surface area contributed by atoms with Crippen molar-refractivity contribution in [1.82, 2.24) is 5.43 Å². The molecule has 0 aromatic heterocycles. The molecule has 0 heterocycles. The van der Waals surface area contributed by atoms with Crippen LogP contribution in [0.1, 0.15) is 23.6 Å². The van der Waals surface area contributed by atoms with E-state index in [-0.39, 0.29) is 5.75 Å². The summed E-state index contributed by atoms with van der Waals surface area (Å²) >= 11 is 3.26. The molecule has 0 bridgehead atoms. The summed E-state index contributed by atoms with van der Waals surface area (Å²) in [6.07, 6.45) is 1.40. The molecular weight excluding hydrogens is 448 g/mol. The largest absolute Gasteiger partial charge is 0.503 e. The van der Waals surface area contributed by atoms with E-state index in [2.05, 4.69) is 26.5 Å². The van der Waals surface area contributed by atoms with Crippen molar-refractivity contribution in [3.05, 3.63) is 94.0 Å². The van der Waals surface area contributed by atoms with Gasteiger partial charge in [-0.3, -0.25) is 4.79 Å². The number of carbonyl (C=O) groups excluding carboxylic acids is 1. The molecule has 6 nitrogen and oxygen atoms in total. The molecule has 0 atom stereocenters. The van der Waals surface area contributed by atoms with Gasteiger partial charge in [-0.1, -0.05) is 60.7 Å². The van der Waals surface area contributed by atoms with E-state index >= 15 is 0 Å². The van der Waals surface area contributed by atoms with E-state index in [1.54, 1.807) is 60.7 Å². The molecule has 0 aliphatic rings. The second kappa shape index (κ2) is 9.56. The van der Waals surface area contributed by atoms with Crippen LogP contribution >= 0.6 is 15.9 Å². The van der Waals surface area contributed by atoms with Crippen LogP contribution in [0.4, 0.5) is 0 Å². The highest BCUT2D eigenvalue weighted by atomic mass is 79.9. The molecule has 3 aromatic carbocycles. The number of carbonyl (C=O) groups is 1. The smallest absolute Gasteiger partial charge is 0.281 e. The van der Waals surface area contributed by atoms with Gasteiger partial charge in [0, 0.05) is 0 Å². The van der Waals surface area contributed by atoms with Gasteiger partial charge in [-0.15, -0.1) is 0 Å². The molecule has 3 rings (SSSR count). The summed E-state index contributed by atoms with van der Waals surface area (Å²) in [7, 11) is 0. The SMILES string of the molecule is CCOc1cc(/C=N/NC(=O)C(O)(c2ccccc2)c2ccccc2)cc(Br)c1O. The highest BCUT2D eigenvalue weighted by Gasteiger charge is 2.39. The summed E-state index contributed by atoms with van der Waals surface area (Å²) in [6.45, 7) is 2.20. The number of hydrogen-bond donors (Lipinski definition) is 3. The van der Waals surface area contributed by atoms with E-state index in [4.69, 9.17) is 4.74 Å². The number of amides is 1. The maximum absolute atomic E-state index is 13.0. The van der Waals surface area contributed by atoms with Crippen LogP contribution in [0.5, 0.6) is 11.5 Å². The maximum Gasteiger partial charge on any atom is 0.281 e. The molecule has 0 unspecified atom stereocenters. The standard InChI is InChI=1S/C23H21BrN2O4/c1-2-30-20-14-16(13-19(24)21(20)27)15-25-26-22(28)23(29,17-9-5-3-6-10-17)18-11-7-4-8-12-18/h3-15,27,29H,2H2,1H3,(H,26,28)/b25-15+. The third-order valence-electron chi connectivity index (χ3n) is 4.44. The van der Waals surface area contributed by atoms with Gasteiger partial charge < -0.3 is 14.9 Å². The van der Waals surface area contributed by atoms with Crippen molar-refractivity contribution in [1.29, 1.82) is 0 Å². The van der Waals surface area contributed by atoms with Crippen molar-refractivity contribution in [2.45, 2.75) is 12.5 Å². The highest BCUT2D eigenvalue weighted by molar-refractivity contribution is 9.10. The lowest BCUT2D eigenvalue weighted by molar-refractivity contribution is -0.136. The fourth-order valence-corrected chi connectivity index (χ4v) is 3.43. The molecule has 3 aromatic rings. The lowest BCUT2D eigenvalue weighted by Gasteiger charge is -2.27. The number of nitrogens with zero attached hydrogens (tertiary/aromatic N) is 1.